The van der Waals surface area contributed by atoms with Gasteiger partial charge in [0.2, 0.25) is 23.6 Å². The third kappa shape index (κ3) is 2.79. The highest BCUT2D eigenvalue weighted by molar-refractivity contribution is 6.01. The summed E-state index contributed by atoms with van der Waals surface area (Å²) in [6.07, 6.45) is 1.47. The normalized spacial score (nSPS) is 15.9. The Morgan fingerprint density at radius 1 is 1.35 bits per heavy atom. The molecule has 1 aliphatic rings. The van der Waals surface area contributed by atoms with Crippen LogP contribution in [-0.2, 0) is 9.59 Å². The van der Waals surface area contributed by atoms with Gasteiger partial charge in [-0.3, -0.25) is 19.5 Å². The number of methoxy groups -OCH3 is 1. The Balaban J connectivity index is 1.67. The zero-order chi connectivity index (χ0) is 18.1. The minimum Gasteiger partial charge on any atom is -0.497 e. The maximum absolute atomic E-state index is 12.9. The minimum atomic E-state index is -0.806. The summed E-state index contributed by atoms with van der Waals surface area (Å²) in [5.41, 5.74) is 0.564. The Morgan fingerprint density at radius 2 is 2.23 bits per heavy atom. The van der Waals surface area contributed by atoms with Crippen molar-refractivity contribution in [2.45, 2.75) is 12.5 Å². The summed E-state index contributed by atoms with van der Waals surface area (Å²) in [5, 5.41) is 13.4. The predicted octanol–water partition coefficient (Wildman–Crippen LogP) is 2.07. The van der Waals surface area contributed by atoms with Crippen LogP contribution >= 0.6 is 0 Å². The number of anilines is 2. The number of amides is 2. The first kappa shape index (κ1) is 15.9. The van der Waals surface area contributed by atoms with Gasteiger partial charge in [-0.2, -0.15) is 0 Å². The molecule has 0 fully saturated rings. The molecule has 2 amide bonds. The predicted molar refractivity (Wildman–Crippen MR) is 91.6 cm³/mol. The van der Waals surface area contributed by atoms with Crippen LogP contribution in [0.25, 0.3) is 11.6 Å². The first-order valence-electron chi connectivity index (χ1n) is 7.89. The molecule has 0 radical (unpaired) electrons. The molecule has 0 bridgehead atoms. The first-order valence-corrected chi connectivity index (χ1v) is 7.89. The number of furan rings is 1. The van der Waals surface area contributed by atoms with E-state index in [9.17, 15) is 9.59 Å². The van der Waals surface area contributed by atoms with Gasteiger partial charge in [0.1, 0.15) is 11.8 Å². The minimum absolute atomic E-state index is 0.0332. The molecule has 26 heavy (non-hydrogen) atoms. The van der Waals surface area contributed by atoms with Crippen LogP contribution in [0, 0.1) is 0 Å². The number of hydrogen-bond donors (Lipinski definition) is 2. The van der Waals surface area contributed by atoms with Crippen molar-refractivity contribution in [3.05, 3.63) is 42.7 Å². The van der Waals surface area contributed by atoms with Crippen molar-refractivity contribution in [2.75, 3.05) is 17.7 Å². The van der Waals surface area contributed by atoms with Gasteiger partial charge < -0.3 is 14.5 Å². The van der Waals surface area contributed by atoms with E-state index in [4.69, 9.17) is 9.15 Å². The number of rotatable bonds is 4. The average Bonchev–Trinajstić information content (AvgIpc) is 3.30. The molecule has 0 saturated heterocycles. The van der Waals surface area contributed by atoms with Crippen LogP contribution < -0.4 is 15.4 Å². The zero-order valence-electron chi connectivity index (χ0n) is 13.8. The Morgan fingerprint density at radius 3 is 3.00 bits per heavy atom. The average molecular weight is 353 g/mol. The lowest BCUT2D eigenvalue weighted by Crippen LogP contribution is -2.35. The summed E-state index contributed by atoms with van der Waals surface area (Å²) in [6.45, 7) is 0. The van der Waals surface area contributed by atoms with Crippen molar-refractivity contribution < 1.29 is 18.7 Å². The number of carbonyl (C=O) groups is 2. The van der Waals surface area contributed by atoms with Crippen LogP contribution in [-0.4, -0.2) is 33.7 Å². The summed E-state index contributed by atoms with van der Waals surface area (Å²) >= 11 is 0. The third-order valence-electron chi connectivity index (χ3n) is 4.02. The summed E-state index contributed by atoms with van der Waals surface area (Å²) in [7, 11) is 1.55. The van der Waals surface area contributed by atoms with Crippen LogP contribution in [0.4, 0.5) is 11.6 Å². The standard InChI is InChI=1S/C17H15N5O4/c1-25-11-5-2-4-10(8-11)18-16(24)12-9-14(23)19-17-21-20-15(22(12)17)13-6-3-7-26-13/h2-8,12H,9H2,1H3,(H,18,24)(H,19,21,23)/t12-/m1/s1. The van der Waals surface area contributed by atoms with Crippen molar-refractivity contribution >= 4 is 23.5 Å². The summed E-state index contributed by atoms with van der Waals surface area (Å²) in [5.74, 6) is 0.988. The largest absolute Gasteiger partial charge is 0.497 e. The highest BCUT2D eigenvalue weighted by atomic mass is 16.5. The lowest BCUT2D eigenvalue weighted by atomic mass is 10.1. The van der Waals surface area contributed by atoms with E-state index in [1.54, 1.807) is 48.1 Å². The number of fused-ring (bicyclic) bond motifs is 1. The fraction of sp³-hybridized carbons (Fsp3) is 0.176. The molecule has 4 rings (SSSR count). The van der Waals surface area contributed by atoms with E-state index >= 15 is 0 Å². The van der Waals surface area contributed by atoms with Crippen LogP contribution in [0.15, 0.2) is 47.1 Å². The molecule has 9 nitrogen and oxygen atoms in total. The highest BCUT2D eigenvalue weighted by Crippen LogP contribution is 2.31. The van der Waals surface area contributed by atoms with E-state index in [1.165, 1.54) is 6.26 Å². The van der Waals surface area contributed by atoms with E-state index in [0.29, 0.717) is 23.0 Å². The summed E-state index contributed by atoms with van der Waals surface area (Å²) in [6, 6.07) is 9.59. The number of benzene rings is 1. The molecule has 0 saturated carbocycles. The van der Waals surface area contributed by atoms with Gasteiger partial charge in [0.15, 0.2) is 5.76 Å². The fourth-order valence-corrected chi connectivity index (χ4v) is 2.82. The second-order valence-electron chi connectivity index (χ2n) is 5.68. The molecular formula is C17H15N5O4. The number of nitrogens with zero attached hydrogens (tertiary/aromatic N) is 3. The van der Waals surface area contributed by atoms with E-state index in [1.807, 2.05) is 0 Å². The molecule has 3 heterocycles. The zero-order valence-corrected chi connectivity index (χ0v) is 13.8. The van der Waals surface area contributed by atoms with Gasteiger partial charge in [-0.15, -0.1) is 10.2 Å². The quantitative estimate of drug-likeness (QED) is 0.743. The Labute approximate surface area is 148 Å². The molecule has 0 unspecified atom stereocenters. The van der Waals surface area contributed by atoms with Gasteiger partial charge in [-0.25, -0.2) is 0 Å². The molecule has 2 aromatic heterocycles. The van der Waals surface area contributed by atoms with Gasteiger partial charge in [0, 0.05) is 11.8 Å². The Kier molecular flexibility index (Phi) is 3.88. The van der Waals surface area contributed by atoms with Crippen LogP contribution in [0.1, 0.15) is 12.5 Å². The lowest BCUT2D eigenvalue weighted by Gasteiger charge is -2.24. The van der Waals surface area contributed by atoms with Gasteiger partial charge >= 0.3 is 0 Å². The maximum Gasteiger partial charge on any atom is 0.248 e. The number of hydrogen-bond acceptors (Lipinski definition) is 6. The number of ether oxygens (including phenoxy) is 1. The molecule has 3 aromatic rings. The van der Waals surface area contributed by atoms with Gasteiger partial charge in [-0.1, -0.05) is 6.07 Å². The smallest absolute Gasteiger partial charge is 0.248 e. The molecular weight excluding hydrogens is 338 g/mol. The molecule has 1 aromatic carbocycles. The van der Waals surface area contributed by atoms with Crippen molar-refractivity contribution in [1.82, 2.24) is 14.8 Å². The van der Waals surface area contributed by atoms with Crippen LogP contribution in [0.5, 0.6) is 5.75 Å². The number of carbonyl (C=O) groups excluding carboxylic acids is 2. The fourth-order valence-electron chi connectivity index (χ4n) is 2.82. The molecule has 1 aliphatic heterocycles. The lowest BCUT2D eigenvalue weighted by molar-refractivity contribution is -0.125. The highest BCUT2D eigenvalue weighted by Gasteiger charge is 2.35. The van der Waals surface area contributed by atoms with Gasteiger partial charge in [0.05, 0.1) is 19.8 Å². The maximum atomic E-state index is 12.9. The van der Waals surface area contributed by atoms with Crippen LogP contribution in [0.3, 0.4) is 0 Å². The number of aromatic nitrogens is 3. The van der Waals surface area contributed by atoms with E-state index < -0.39 is 6.04 Å². The van der Waals surface area contributed by atoms with Crippen molar-refractivity contribution in [2.24, 2.45) is 0 Å². The Bertz CT molecular complexity index is 963. The monoisotopic (exact) mass is 353 g/mol. The summed E-state index contributed by atoms with van der Waals surface area (Å²) < 4.78 is 12.1. The molecule has 2 N–H and O–H groups in total. The Hall–Kier alpha value is -3.62. The van der Waals surface area contributed by atoms with Crippen molar-refractivity contribution in [3.8, 4) is 17.3 Å². The van der Waals surface area contributed by atoms with E-state index in [0.717, 1.165) is 0 Å². The van der Waals surface area contributed by atoms with Crippen molar-refractivity contribution in [3.63, 3.8) is 0 Å². The second kappa shape index (κ2) is 6.36. The van der Waals surface area contributed by atoms with E-state index in [2.05, 4.69) is 20.8 Å². The first-order chi connectivity index (χ1) is 12.7. The van der Waals surface area contributed by atoms with E-state index in [-0.39, 0.29) is 24.2 Å². The SMILES string of the molecule is COc1cccc(NC(=O)[C@H]2CC(=O)Nc3nnc(-c4ccco4)n32)c1. The second-order valence-corrected chi connectivity index (χ2v) is 5.68. The van der Waals surface area contributed by atoms with Crippen LogP contribution in [0.2, 0.25) is 0 Å². The molecule has 0 aliphatic carbocycles. The van der Waals surface area contributed by atoms with Gasteiger partial charge in [0.25, 0.3) is 0 Å². The molecule has 1 atom stereocenters. The number of nitrogens with one attached hydrogen (secondary N) is 2. The third-order valence-corrected chi connectivity index (χ3v) is 4.02. The molecule has 0 spiro atoms. The van der Waals surface area contributed by atoms with Gasteiger partial charge in [-0.05, 0) is 24.3 Å². The summed E-state index contributed by atoms with van der Waals surface area (Å²) in [4.78, 5) is 24.8. The molecule has 9 heteroatoms. The van der Waals surface area contributed by atoms with Crippen molar-refractivity contribution in [1.29, 1.82) is 0 Å². The molecule has 132 valence electrons. The topological polar surface area (TPSA) is 111 Å².